The molecule has 0 bridgehead atoms. The van der Waals surface area contributed by atoms with Crippen LogP contribution in [0.25, 0.3) is 26.8 Å². The molecule has 0 fully saturated rings. The quantitative estimate of drug-likeness (QED) is 0.496. The summed E-state index contributed by atoms with van der Waals surface area (Å²) in [6.45, 7) is 0.376. The van der Waals surface area contributed by atoms with Crippen molar-refractivity contribution in [2.24, 2.45) is 0 Å². The molecule has 10 heteroatoms. The third-order valence-electron chi connectivity index (χ3n) is 4.89. The average Bonchev–Trinajstić information content (AvgIpc) is 3.27. The Morgan fingerprint density at radius 3 is 2.81 bits per heavy atom. The number of nitrogens with zero attached hydrogens (tertiary/aromatic N) is 3. The molecule has 156 valence electrons. The first-order valence-electron chi connectivity index (χ1n) is 9.22. The minimum Gasteiger partial charge on any atom is -0.493 e. The van der Waals surface area contributed by atoms with Gasteiger partial charge in [0.2, 0.25) is 5.95 Å². The lowest BCUT2D eigenvalue weighted by Crippen LogP contribution is -2.03. The predicted molar refractivity (Wildman–Crippen MR) is 111 cm³/mol. The molecule has 3 N–H and O–H groups in total. The molecule has 3 heterocycles. The molecule has 0 unspecified atom stereocenters. The zero-order valence-corrected chi connectivity index (χ0v) is 16.6. The number of fused-ring (bicyclic) bond motifs is 3. The number of halogens is 2. The molecule has 31 heavy (non-hydrogen) atoms. The van der Waals surface area contributed by atoms with Crippen molar-refractivity contribution in [2.45, 2.75) is 6.42 Å². The van der Waals surface area contributed by atoms with E-state index in [0.717, 1.165) is 28.1 Å². The molecule has 0 spiro atoms. The van der Waals surface area contributed by atoms with Gasteiger partial charge in [0, 0.05) is 22.9 Å². The number of benzene rings is 2. The van der Waals surface area contributed by atoms with Crippen molar-refractivity contribution >= 4 is 23.3 Å². The monoisotopic (exact) mass is 440 g/mol. The number of carbonyl (C=O) groups is 1. The van der Waals surface area contributed by atoms with Crippen molar-refractivity contribution in [1.29, 1.82) is 0 Å². The molecule has 2 aromatic carbocycles. The molecule has 2 aromatic heterocycles. The Bertz CT molecular complexity index is 1350. The van der Waals surface area contributed by atoms with Gasteiger partial charge in [0.25, 0.3) is 0 Å². The number of aromatic nitrogens is 3. The molecule has 1 aliphatic rings. The van der Waals surface area contributed by atoms with Crippen LogP contribution in [-0.4, -0.2) is 32.4 Å². The van der Waals surface area contributed by atoms with Gasteiger partial charge in [0.05, 0.1) is 17.0 Å². The maximum atomic E-state index is 14.4. The van der Waals surface area contributed by atoms with Crippen LogP contribution in [0.2, 0.25) is 0 Å². The Hall–Kier alpha value is -3.79. The summed E-state index contributed by atoms with van der Waals surface area (Å²) in [6, 6.07) is 9.82. The lowest BCUT2D eigenvalue weighted by molar-refractivity contribution is 0.0696. The summed E-state index contributed by atoms with van der Waals surface area (Å²) in [5.74, 6) is -1.76. The zero-order chi connectivity index (χ0) is 21.7. The van der Waals surface area contributed by atoms with Gasteiger partial charge in [0.15, 0.2) is 11.6 Å². The Kier molecular flexibility index (Phi) is 4.44. The molecule has 0 atom stereocenters. The largest absolute Gasteiger partial charge is 0.493 e. The maximum absolute atomic E-state index is 14.4. The molecule has 7 nitrogen and oxygen atoms in total. The molecule has 0 aliphatic carbocycles. The summed E-state index contributed by atoms with van der Waals surface area (Å²) >= 11 is 1.39. The number of ether oxygens (including phenoxy) is 1. The van der Waals surface area contributed by atoms with E-state index in [9.17, 15) is 18.7 Å². The van der Waals surface area contributed by atoms with Crippen molar-refractivity contribution in [3.05, 3.63) is 65.2 Å². The van der Waals surface area contributed by atoms with Gasteiger partial charge in [-0.15, -0.1) is 16.4 Å². The van der Waals surface area contributed by atoms with E-state index in [4.69, 9.17) is 10.5 Å². The Morgan fingerprint density at radius 1 is 1.19 bits per heavy atom. The number of anilines is 1. The van der Waals surface area contributed by atoms with Crippen molar-refractivity contribution in [3.8, 4) is 32.6 Å². The smallest absolute Gasteiger partial charge is 0.335 e. The lowest BCUT2D eigenvalue weighted by atomic mass is 10.1. The van der Waals surface area contributed by atoms with Gasteiger partial charge in [0.1, 0.15) is 17.3 Å². The van der Waals surface area contributed by atoms with Crippen molar-refractivity contribution in [2.75, 3.05) is 12.3 Å². The van der Waals surface area contributed by atoms with Crippen LogP contribution in [0.4, 0.5) is 14.7 Å². The van der Waals surface area contributed by atoms with Gasteiger partial charge < -0.3 is 15.6 Å². The SMILES string of the molecule is Nc1nc(-c2cc3c(s2)-c2ccc(C(=O)O)cc2OCC3)n(-c2ccc(F)cc2F)n1. The van der Waals surface area contributed by atoms with Crippen LogP contribution in [0.1, 0.15) is 15.9 Å². The maximum Gasteiger partial charge on any atom is 0.335 e. The van der Waals surface area contributed by atoms with E-state index in [-0.39, 0.29) is 17.2 Å². The first-order chi connectivity index (χ1) is 14.9. The molecule has 4 aromatic rings. The van der Waals surface area contributed by atoms with Crippen LogP contribution in [-0.2, 0) is 6.42 Å². The van der Waals surface area contributed by atoms with Crippen LogP contribution >= 0.6 is 11.3 Å². The fourth-order valence-corrected chi connectivity index (χ4v) is 4.71. The molecule has 0 radical (unpaired) electrons. The second-order valence-electron chi connectivity index (χ2n) is 6.88. The van der Waals surface area contributed by atoms with E-state index >= 15 is 0 Å². The molecular weight excluding hydrogens is 426 g/mol. The summed E-state index contributed by atoms with van der Waals surface area (Å²) < 4.78 is 34.7. The van der Waals surface area contributed by atoms with E-state index in [0.29, 0.717) is 29.5 Å². The van der Waals surface area contributed by atoms with Crippen molar-refractivity contribution in [1.82, 2.24) is 14.8 Å². The Balaban J connectivity index is 1.64. The van der Waals surface area contributed by atoms with Gasteiger partial charge in [-0.3, -0.25) is 0 Å². The fraction of sp³-hybridized carbons (Fsp3) is 0.0952. The van der Waals surface area contributed by atoms with Gasteiger partial charge in [-0.05, 0) is 42.0 Å². The number of rotatable bonds is 3. The first-order valence-corrected chi connectivity index (χ1v) is 10.0. The van der Waals surface area contributed by atoms with Crippen LogP contribution in [0, 0.1) is 11.6 Å². The van der Waals surface area contributed by atoms with E-state index in [2.05, 4.69) is 10.1 Å². The number of thiophene rings is 1. The van der Waals surface area contributed by atoms with Gasteiger partial charge in [-0.25, -0.2) is 18.3 Å². The van der Waals surface area contributed by atoms with Crippen LogP contribution in [0.15, 0.2) is 42.5 Å². The number of nitrogens with two attached hydrogens (primary N) is 1. The van der Waals surface area contributed by atoms with Gasteiger partial charge in [-0.1, -0.05) is 0 Å². The summed E-state index contributed by atoms with van der Waals surface area (Å²) in [5, 5.41) is 13.3. The number of hydrogen-bond acceptors (Lipinski definition) is 6. The van der Waals surface area contributed by atoms with Crippen LogP contribution < -0.4 is 10.5 Å². The number of nitrogen functional groups attached to an aromatic ring is 1. The average molecular weight is 440 g/mol. The van der Waals surface area contributed by atoms with Crippen LogP contribution in [0.5, 0.6) is 5.75 Å². The standard InChI is InChI=1S/C21H14F2N4O3S/c22-12-2-4-15(14(23)9-12)27-19(25-21(24)26-27)17-8-10-5-6-30-16-7-11(20(28)29)1-3-13(16)18(10)31-17/h1-4,7-9H,5-6H2,(H2,24,26)(H,28,29). The summed E-state index contributed by atoms with van der Waals surface area (Å²) in [7, 11) is 0. The van der Waals surface area contributed by atoms with Crippen LogP contribution in [0.3, 0.4) is 0 Å². The number of carboxylic acids is 1. The van der Waals surface area contributed by atoms with Gasteiger partial charge >= 0.3 is 5.97 Å². The molecule has 0 saturated heterocycles. The third kappa shape index (κ3) is 3.30. The fourth-order valence-electron chi connectivity index (χ4n) is 3.49. The Labute approximate surface area is 178 Å². The molecule has 5 rings (SSSR count). The summed E-state index contributed by atoms with van der Waals surface area (Å²) in [6.07, 6.45) is 0.595. The molecular formula is C21H14F2N4O3S. The second kappa shape index (κ2) is 7.17. The molecule has 0 saturated carbocycles. The van der Waals surface area contributed by atoms with E-state index in [1.165, 1.54) is 34.2 Å². The highest BCUT2D eigenvalue weighted by Gasteiger charge is 2.24. The highest BCUT2D eigenvalue weighted by Crippen LogP contribution is 2.44. The van der Waals surface area contributed by atoms with Crippen molar-refractivity contribution < 1.29 is 23.4 Å². The predicted octanol–water partition coefficient (Wildman–Crippen LogP) is 4.16. The summed E-state index contributed by atoms with van der Waals surface area (Å²) in [4.78, 5) is 17.1. The van der Waals surface area contributed by atoms with Gasteiger partial charge in [-0.2, -0.15) is 4.98 Å². The normalized spacial score (nSPS) is 12.6. The number of hydrogen-bond donors (Lipinski definition) is 2. The first kappa shape index (κ1) is 19.2. The number of carboxylic acid groups (broad SMARTS) is 1. The summed E-state index contributed by atoms with van der Waals surface area (Å²) in [5.41, 5.74) is 7.70. The number of aromatic carboxylic acids is 1. The van der Waals surface area contributed by atoms with E-state index < -0.39 is 17.6 Å². The van der Waals surface area contributed by atoms with E-state index in [1.54, 1.807) is 6.07 Å². The highest BCUT2D eigenvalue weighted by atomic mass is 32.1. The third-order valence-corrected chi connectivity index (χ3v) is 6.10. The lowest BCUT2D eigenvalue weighted by Gasteiger charge is -2.08. The zero-order valence-electron chi connectivity index (χ0n) is 15.8. The second-order valence-corrected chi connectivity index (χ2v) is 7.93. The Morgan fingerprint density at radius 2 is 2.03 bits per heavy atom. The molecule has 0 amide bonds. The minimum atomic E-state index is -1.03. The minimum absolute atomic E-state index is 0.0269. The topological polar surface area (TPSA) is 103 Å². The van der Waals surface area contributed by atoms with Crippen molar-refractivity contribution in [3.63, 3.8) is 0 Å². The van der Waals surface area contributed by atoms with E-state index in [1.807, 2.05) is 6.07 Å². The molecule has 1 aliphatic heterocycles. The highest BCUT2D eigenvalue weighted by molar-refractivity contribution is 7.19.